The Labute approximate surface area is 168 Å². The highest BCUT2D eigenvalue weighted by Gasteiger charge is 2.27. The summed E-state index contributed by atoms with van der Waals surface area (Å²) in [5, 5.41) is 2.80. The summed E-state index contributed by atoms with van der Waals surface area (Å²) in [4.78, 5) is 22.7. The summed E-state index contributed by atoms with van der Waals surface area (Å²) < 4.78 is 30.1. The zero-order chi connectivity index (χ0) is 20.4. The number of pyridine rings is 2. The van der Waals surface area contributed by atoms with Crippen LogP contribution in [0.2, 0.25) is 0 Å². The van der Waals surface area contributed by atoms with Crippen LogP contribution in [0.4, 0.5) is 5.69 Å². The molecule has 1 aliphatic rings. The minimum Gasteiger partial charge on any atom is -0.481 e. The topological polar surface area (TPSA) is 107 Å². The number of carbonyl (C=O) groups excluding carboxylic acids is 1. The Kier molecular flexibility index (Phi) is 5.20. The van der Waals surface area contributed by atoms with Gasteiger partial charge in [-0.25, -0.2) is 18.4 Å². The van der Waals surface area contributed by atoms with Gasteiger partial charge >= 0.3 is 0 Å². The van der Waals surface area contributed by atoms with Gasteiger partial charge in [0, 0.05) is 12.3 Å². The van der Waals surface area contributed by atoms with Gasteiger partial charge in [-0.2, -0.15) is 0 Å². The van der Waals surface area contributed by atoms with Gasteiger partial charge in [0.1, 0.15) is 12.2 Å². The zero-order valence-electron chi connectivity index (χ0n) is 16.0. The molecule has 4 heterocycles. The lowest BCUT2D eigenvalue weighted by Crippen LogP contribution is -3.13. The minimum absolute atomic E-state index is 0.186. The number of ether oxygens (including phenoxy) is 1. The summed E-state index contributed by atoms with van der Waals surface area (Å²) in [6.07, 6.45) is 3.31. The predicted octanol–water partition coefficient (Wildman–Crippen LogP) is -0.196. The summed E-state index contributed by atoms with van der Waals surface area (Å²) in [5.41, 5.74) is 2.15. The lowest BCUT2D eigenvalue weighted by molar-refractivity contribution is -0.910. The minimum atomic E-state index is -2.92. The molecule has 1 amide bonds. The maximum absolute atomic E-state index is 12.8. The van der Waals surface area contributed by atoms with Crippen LogP contribution in [0, 0.1) is 0 Å². The van der Waals surface area contributed by atoms with Crippen LogP contribution in [0.15, 0.2) is 42.7 Å². The van der Waals surface area contributed by atoms with E-state index in [1.807, 2.05) is 18.2 Å². The van der Waals surface area contributed by atoms with Crippen LogP contribution >= 0.6 is 0 Å². The van der Waals surface area contributed by atoms with Crippen LogP contribution in [-0.4, -0.2) is 60.4 Å². The highest BCUT2D eigenvalue weighted by Crippen LogP contribution is 2.16. The van der Waals surface area contributed by atoms with Gasteiger partial charge in [0.25, 0.3) is 5.91 Å². The van der Waals surface area contributed by atoms with Gasteiger partial charge in [-0.05, 0) is 18.2 Å². The molecule has 0 bridgehead atoms. The number of imidazole rings is 1. The molecular weight excluding hydrogens is 394 g/mol. The normalized spacial score (nSPS) is 16.6. The van der Waals surface area contributed by atoms with Gasteiger partial charge in [-0.15, -0.1) is 0 Å². The molecule has 152 valence electrons. The molecule has 0 aliphatic carbocycles. The number of hydrogen-bond acceptors (Lipinski definition) is 6. The maximum atomic E-state index is 12.8. The molecule has 0 aromatic carbocycles. The first-order valence-corrected chi connectivity index (χ1v) is 11.1. The molecule has 0 atom stereocenters. The van der Waals surface area contributed by atoms with E-state index in [-0.39, 0.29) is 23.2 Å². The third-order valence-electron chi connectivity index (χ3n) is 4.98. The number of aromatic nitrogens is 3. The second kappa shape index (κ2) is 7.80. The smallest absolute Gasteiger partial charge is 0.292 e. The molecule has 0 spiro atoms. The van der Waals surface area contributed by atoms with Crippen molar-refractivity contribution in [1.82, 2.24) is 14.4 Å². The van der Waals surface area contributed by atoms with Crippen LogP contribution in [0.25, 0.3) is 5.52 Å². The molecular formula is C19H22N5O4S+. The van der Waals surface area contributed by atoms with Crippen molar-refractivity contribution >= 4 is 26.9 Å². The molecule has 4 rings (SSSR count). The van der Waals surface area contributed by atoms with Gasteiger partial charge < -0.3 is 15.0 Å². The van der Waals surface area contributed by atoms with Crippen molar-refractivity contribution in [2.45, 2.75) is 6.54 Å². The number of amides is 1. The predicted molar refractivity (Wildman–Crippen MR) is 107 cm³/mol. The summed E-state index contributed by atoms with van der Waals surface area (Å²) in [6, 6.07) is 9.02. The van der Waals surface area contributed by atoms with Crippen LogP contribution in [-0.2, 0) is 16.4 Å². The third kappa shape index (κ3) is 4.22. The quantitative estimate of drug-likeness (QED) is 0.597. The van der Waals surface area contributed by atoms with E-state index >= 15 is 0 Å². The van der Waals surface area contributed by atoms with Crippen molar-refractivity contribution in [2.24, 2.45) is 0 Å². The van der Waals surface area contributed by atoms with E-state index in [1.165, 1.54) is 13.3 Å². The van der Waals surface area contributed by atoms with Crippen molar-refractivity contribution < 1.29 is 22.8 Å². The molecule has 3 aromatic rings. The molecule has 3 aromatic heterocycles. The Morgan fingerprint density at radius 1 is 1.24 bits per heavy atom. The third-order valence-corrected chi connectivity index (χ3v) is 6.63. The number of anilines is 1. The van der Waals surface area contributed by atoms with Crippen LogP contribution in [0.5, 0.6) is 5.88 Å². The first kappa shape index (κ1) is 19.3. The van der Waals surface area contributed by atoms with Gasteiger partial charge in [0.15, 0.2) is 9.84 Å². The fraction of sp³-hybridized carbons (Fsp3) is 0.316. The van der Waals surface area contributed by atoms with Gasteiger partial charge in [-0.3, -0.25) is 9.20 Å². The molecule has 0 unspecified atom stereocenters. The number of hydrogen-bond donors (Lipinski definition) is 2. The second-order valence-corrected chi connectivity index (χ2v) is 9.26. The standard InChI is InChI=1S/C19H21N5O4S/c1-28-17-6-5-14(12-20-17)21-19(25)18-22-15(16-4-2-3-7-24(16)18)13-23-8-10-29(26,27)11-9-23/h2-7,12H,8-11,13H2,1H3,(H,21,25)/p+1. The zero-order valence-corrected chi connectivity index (χ0v) is 16.8. The molecule has 1 fully saturated rings. The number of quaternary nitrogens is 1. The van der Waals surface area contributed by atoms with Crippen molar-refractivity contribution in [3.63, 3.8) is 0 Å². The van der Waals surface area contributed by atoms with Gasteiger partial charge in [0.05, 0.1) is 49.1 Å². The number of nitrogens with zero attached hydrogens (tertiary/aromatic N) is 3. The first-order chi connectivity index (χ1) is 13.9. The molecule has 10 heteroatoms. The number of methoxy groups -OCH3 is 1. The molecule has 0 radical (unpaired) electrons. The van der Waals surface area contributed by atoms with E-state index in [2.05, 4.69) is 15.3 Å². The Morgan fingerprint density at radius 2 is 2.03 bits per heavy atom. The van der Waals surface area contributed by atoms with E-state index in [0.717, 1.165) is 16.1 Å². The van der Waals surface area contributed by atoms with E-state index in [4.69, 9.17) is 4.74 Å². The van der Waals surface area contributed by atoms with Crippen molar-refractivity contribution in [1.29, 1.82) is 0 Å². The Balaban J connectivity index is 1.57. The van der Waals surface area contributed by atoms with Crippen LogP contribution in [0.1, 0.15) is 16.3 Å². The second-order valence-electron chi connectivity index (χ2n) is 6.96. The van der Waals surface area contributed by atoms with Crippen molar-refractivity contribution in [2.75, 3.05) is 37.0 Å². The Morgan fingerprint density at radius 3 is 2.72 bits per heavy atom. The van der Waals surface area contributed by atoms with E-state index in [9.17, 15) is 13.2 Å². The van der Waals surface area contributed by atoms with Gasteiger partial charge in [0.2, 0.25) is 11.7 Å². The average Bonchev–Trinajstić information content (AvgIpc) is 3.09. The fourth-order valence-electron chi connectivity index (χ4n) is 3.39. The monoisotopic (exact) mass is 416 g/mol. The van der Waals surface area contributed by atoms with Gasteiger partial charge in [-0.1, -0.05) is 6.07 Å². The molecule has 29 heavy (non-hydrogen) atoms. The van der Waals surface area contributed by atoms with Crippen molar-refractivity contribution in [3.8, 4) is 5.88 Å². The molecule has 0 saturated carbocycles. The summed E-state index contributed by atoms with van der Waals surface area (Å²) in [7, 11) is -1.40. The largest absolute Gasteiger partial charge is 0.481 e. The molecule has 1 saturated heterocycles. The van der Waals surface area contributed by atoms with E-state index < -0.39 is 9.84 Å². The number of nitrogens with one attached hydrogen (secondary N) is 2. The Hall–Kier alpha value is -2.98. The molecule has 9 nitrogen and oxygen atoms in total. The fourth-order valence-corrected chi connectivity index (χ4v) is 4.80. The molecule has 2 N–H and O–H groups in total. The lowest BCUT2D eigenvalue weighted by Gasteiger charge is -2.22. The summed E-state index contributed by atoms with van der Waals surface area (Å²) in [5.74, 6) is 0.761. The van der Waals surface area contributed by atoms with E-state index in [1.54, 1.807) is 22.7 Å². The number of fused-ring (bicyclic) bond motifs is 1. The maximum Gasteiger partial charge on any atom is 0.292 e. The van der Waals surface area contributed by atoms with E-state index in [0.29, 0.717) is 31.2 Å². The summed E-state index contributed by atoms with van der Waals surface area (Å²) in [6.45, 7) is 1.67. The highest BCUT2D eigenvalue weighted by atomic mass is 32.2. The number of rotatable bonds is 5. The molecule has 1 aliphatic heterocycles. The van der Waals surface area contributed by atoms with Crippen LogP contribution in [0.3, 0.4) is 0 Å². The number of carbonyl (C=O) groups is 1. The average molecular weight is 416 g/mol. The van der Waals surface area contributed by atoms with Crippen LogP contribution < -0.4 is 15.0 Å². The highest BCUT2D eigenvalue weighted by molar-refractivity contribution is 7.91. The summed E-state index contributed by atoms with van der Waals surface area (Å²) >= 11 is 0. The first-order valence-electron chi connectivity index (χ1n) is 9.26. The Bertz CT molecular complexity index is 1130. The SMILES string of the molecule is COc1ccc(NC(=O)c2nc(C[NH+]3CCS(=O)(=O)CC3)c3ccccn23)cn1. The number of sulfone groups is 1. The lowest BCUT2D eigenvalue weighted by atomic mass is 10.3. The van der Waals surface area contributed by atoms with Crippen molar-refractivity contribution in [3.05, 3.63) is 54.2 Å².